The first kappa shape index (κ1) is 10.4. The number of fused-ring (bicyclic) bond motifs is 1. The van der Waals surface area contributed by atoms with E-state index < -0.39 is 6.10 Å². The normalized spacial score (nSPS) is 13.3. The SMILES string of the molecule is Cn1ncc2cc(C(O)CN)cc(Cl)c21. The lowest BCUT2D eigenvalue weighted by molar-refractivity contribution is 0.187. The molecule has 1 atom stereocenters. The van der Waals surface area contributed by atoms with Gasteiger partial charge in [-0.05, 0) is 17.7 Å². The summed E-state index contributed by atoms with van der Waals surface area (Å²) in [6.07, 6.45) is 1.04. The molecule has 0 saturated carbocycles. The molecule has 15 heavy (non-hydrogen) atoms. The number of halogens is 1. The molecule has 1 unspecified atom stereocenters. The van der Waals surface area contributed by atoms with Crippen LogP contribution < -0.4 is 5.73 Å². The molecule has 1 heterocycles. The first-order chi connectivity index (χ1) is 7.13. The predicted molar refractivity (Wildman–Crippen MR) is 59.7 cm³/mol. The number of aliphatic hydroxyl groups excluding tert-OH is 1. The fourth-order valence-electron chi connectivity index (χ4n) is 1.62. The molecule has 1 aromatic heterocycles. The Morgan fingerprint density at radius 2 is 2.33 bits per heavy atom. The van der Waals surface area contributed by atoms with Gasteiger partial charge in [-0.3, -0.25) is 4.68 Å². The third-order valence-corrected chi connectivity index (χ3v) is 2.70. The van der Waals surface area contributed by atoms with Crippen molar-refractivity contribution in [3.05, 3.63) is 28.9 Å². The second-order valence-corrected chi connectivity index (χ2v) is 3.87. The van der Waals surface area contributed by atoms with Gasteiger partial charge in [0, 0.05) is 19.0 Å². The molecule has 0 fully saturated rings. The van der Waals surface area contributed by atoms with E-state index in [1.54, 1.807) is 16.9 Å². The molecular formula is C10H12ClN3O. The Morgan fingerprint density at radius 1 is 1.60 bits per heavy atom. The van der Waals surface area contributed by atoms with Crippen LogP contribution in [0.4, 0.5) is 0 Å². The molecule has 0 aliphatic carbocycles. The topological polar surface area (TPSA) is 64.1 Å². The van der Waals surface area contributed by atoms with Crippen molar-refractivity contribution in [3.63, 3.8) is 0 Å². The summed E-state index contributed by atoms with van der Waals surface area (Å²) < 4.78 is 1.70. The Balaban J connectivity index is 2.63. The van der Waals surface area contributed by atoms with Crippen molar-refractivity contribution in [1.82, 2.24) is 9.78 Å². The fraction of sp³-hybridized carbons (Fsp3) is 0.300. The van der Waals surface area contributed by atoms with E-state index in [2.05, 4.69) is 5.10 Å². The number of hydrogen-bond donors (Lipinski definition) is 2. The van der Waals surface area contributed by atoms with E-state index in [0.29, 0.717) is 5.02 Å². The van der Waals surface area contributed by atoms with E-state index in [-0.39, 0.29) is 6.54 Å². The highest BCUT2D eigenvalue weighted by Crippen LogP contribution is 2.27. The monoisotopic (exact) mass is 225 g/mol. The molecule has 2 aromatic rings. The molecule has 4 nitrogen and oxygen atoms in total. The minimum Gasteiger partial charge on any atom is -0.387 e. The molecule has 3 N–H and O–H groups in total. The zero-order valence-corrected chi connectivity index (χ0v) is 9.07. The van der Waals surface area contributed by atoms with Crippen LogP contribution in [-0.4, -0.2) is 21.4 Å². The van der Waals surface area contributed by atoms with Crippen LogP contribution >= 0.6 is 11.6 Å². The van der Waals surface area contributed by atoms with E-state index in [4.69, 9.17) is 17.3 Å². The first-order valence-corrected chi connectivity index (χ1v) is 5.00. The maximum Gasteiger partial charge on any atom is 0.0912 e. The highest BCUT2D eigenvalue weighted by molar-refractivity contribution is 6.35. The summed E-state index contributed by atoms with van der Waals surface area (Å²) in [6.45, 7) is 0.183. The number of hydrogen-bond acceptors (Lipinski definition) is 3. The Hall–Kier alpha value is -1.10. The van der Waals surface area contributed by atoms with Crippen LogP contribution in [0.1, 0.15) is 11.7 Å². The van der Waals surface area contributed by atoms with Gasteiger partial charge in [-0.25, -0.2) is 0 Å². The van der Waals surface area contributed by atoms with E-state index in [0.717, 1.165) is 16.5 Å². The predicted octanol–water partition coefficient (Wildman–Crippen LogP) is 1.22. The smallest absolute Gasteiger partial charge is 0.0912 e. The second kappa shape index (κ2) is 3.81. The maximum absolute atomic E-state index is 9.61. The van der Waals surface area contributed by atoms with Crippen molar-refractivity contribution in [2.75, 3.05) is 6.54 Å². The van der Waals surface area contributed by atoms with Crippen molar-refractivity contribution in [2.45, 2.75) is 6.10 Å². The number of aryl methyl sites for hydroxylation is 1. The van der Waals surface area contributed by atoms with Gasteiger partial charge < -0.3 is 10.8 Å². The van der Waals surface area contributed by atoms with Crippen molar-refractivity contribution in [1.29, 1.82) is 0 Å². The molecular weight excluding hydrogens is 214 g/mol. The number of aliphatic hydroxyl groups is 1. The molecule has 1 aromatic carbocycles. The molecule has 0 amide bonds. The molecule has 0 radical (unpaired) electrons. The van der Waals surface area contributed by atoms with Gasteiger partial charge in [0.15, 0.2) is 0 Å². The van der Waals surface area contributed by atoms with Crippen LogP contribution in [0.5, 0.6) is 0 Å². The van der Waals surface area contributed by atoms with E-state index in [1.807, 2.05) is 13.1 Å². The third-order valence-electron chi connectivity index (χ3n) is 2.42. The zero-order chi connectivity index (χ0) is 11.0. The van der Waals surface area contributed by atoms with Gasteiger partial charge >= 0.3 is 0 Å². The minimum atomic E-state index is -0.674. The van der Waals surface area contributed by atoms with Gasteiger partial charge in [0.2, 0.25) is 0 Å². The lowest BCUT2D eigenvalue weighted by Crippen LogP contribution is -2.11. The van der Waals surface area contributed by atoms with Crippen LogP contribution in [0, 0.1) is 0 Å². The molecule has 80 valence electrons. The summed E-state index contributed by atoms with van der Waals surface area (Å²) in [5.74, 6) is 0. The lowest BCUT2D eigenvalue weighted by atomic mass is 10.1. The number of nitrogens with two attached hydrogens (primary N) is 1. The first-order valence-electron chi connectivity index (χ1n) is 4.62. The van der Waals surface area contributed by atoms with Crippen LogP contribution in [-0.2, 0) is 7.05 Å². The Bertz CT molecular complexity index is 495. The standard InChI is InChI=1S/C10H12ClN3O/c1-14-10-7(5-13-14)2-6(3-8(10)11)9(15)4-12/h2-3,5,9,15H,4,12H2,1H3. The molecule has 0 saturated heterocycles. The number of nitrogens with zero attached hydrogens (tertiary/aromatic N) is 2. The maximum atomic E-state index is 9.61. The van der Waals surface area contributed by atoms with Crippen molar-refractivity contribution < 1.29 is 5.11 Å². The summed E-state index contributed by atoms with van der Waals surface area (Å²) in [6, 6.07) is 3.58. The summed E-state index contributed by atoms with van der Waals surface area (Å²) in [4.78, 5) is 0. The highest BCUT2D eigenvalue weighted by Gasteiger charge is 2.11. The van der Waals surface area contributed by atoms with Crippen molar-refractivity contribution in [2.24, 2.45) is 12.8 Å². The quantitative estimate of drug-likeness (QED) is 0.808. The summed E-state index contributed by atoms with van der Waals surface area (Å²) in [5, 5.41) is 15.2. The number of rotatable bonds is 2. The Kier molecular flexibility index (Phi) is 2.65. The average molecular weight is 226 g/mol. The molecule has 0 aliphatic rings. The van der Waals surface area contributed by atoms with Crippen LogP contribution in [0.15, 0.2) is 18.3 Å². The molecule has 0 aliphatic heterocycles. The van der Waals surface area contributed by atoms with Crippen LogP contribution in [0.3, 0.4) is 0 Å². The molecule has 0 bridgehead atoms. The minimum absolute atomic E-state index is 0.183. The third kappa shape index (κ3) is 1.71. The van der Waals surface area contributed by atoms with Gasteiger partial charge in [-0.2, -0.15) is 5.10 Å². The summed E-state index contributed by atoms with van der Waals surface area (Å²) in [5.41, 5.74) is 6.98. The zero-order valence-electron chi connectivity index (χ0n) is 8.31. The van der Waals surface area contributed by atoms with E-state index >= 15 is 0 Å². The largest absolute Gasteiger partial charge is 0.387 e. The molecule has 2 rings (SSSR count). The van der Waals surface area contributed by atoms with Crippen molar-refractivity contribution in [3.8, 4) is 0 Å². The lowest BCUT2D eigenvalue weighted by Gasteiger charge is -2.09. The fourth-order valence-corrected chi connectivity index (χ4v) is 1.97. The van der Waals surface area contributed by atoms with Crippen molar-refractivity contribution >= 4 is 22.5 Å². The summed E-state index contributed by atoms with van der Waals surface area (Å²) >= 11 is 6.10. The summed E-state index contributed by atoms with van der Waals surface area (Å²) in [7, 11) is 1.83. The van der Waals surface area contributed by atoms with Gasteiger partial charge in [-0.15, -0.1) is 0 Å². The van der Waals surface area contributed by atoms with Gasteiger partial charge in [0.25, 0.3) is 0 Å². The average Bonchev–Trinajstić information content (AvgIpc) is 2.59. The second-order valence-electron chi connectivity index (χ2n) is 3.46. The number of benzene rings is 1. The van der Waals surface area contributed by atoms with Crippen LogP contribution in [0.25, 0.3) is 10.9 Å². The van der Waals surface area contributed by atoms with Crippen LogP contribution in [0.2, 0.25) is 5.02 Å². The molecule has 5 heteroatoms. The van der Waals surface area contributed by atoms with Gasteiger partial charge in [0.1, 0.15) is 0 Å². The van der Waals surface area contributed by atoms with Gasteiger partial charge in [-0.1, -0.05) is 11.6 Å². The molecule has 0 spiro atoms. The van der Waals surface area contributed by atoms with E-state index in [9.17, 15) is 5.11 Å². The number of aromatic nitrogens is 2. The van der Waals surface area contributed by atoms with E-state index in [1.165, 1.54) is 0 Å². The van der Waals surface area contributed by atoms with Gasteiger partial charge in [0.05, 0.1) is 22.8 Å². The Morgan fingerprint density at radius 3 is 3.00 bits per heavy atom. The Labute approximate surface area is 92.3 Å². The highest BCUT2D eigenvalue weighted by atomic mass is 35.5.